The summed E-state index contributed by atoms with van der Waals surface area (Å²) in [6.07, 6.45) is 3.77. The van der Waals surface area contributed by atoms with Crippen molar-refractivity contribution in [2.45, 2.75) is 4.90 Å². The fourth-order valence-corrected chi connectivity index (χ4v) is 2.29. The third kappa shape index (κ3) is 4.04. The van der Waals surface area contributed by atoms with Crippen molar-refractivity contribution in [3.63, 3.8) is 0 Å². The predicted octanol–water partition coefficient (Wildman–Crippen LogP) is 4.00. The Kier molecular flexibility index (Phi) is 5.00. The molecule has 0 spiro atoms. The molecule has 3 heteroatoms. The first-order chi connectivity index (χ1) is 7.99. The first-order valence-corrected chi connectivity index (χ1v) is 7.74. The zero-order valence-corrected chi connectivity index (χ0v) is 11.6. The topological polar surface area (TPSA) is 29.5 Å². The fraction of sp³-hybridized carbons (Fsp3) is 0.286. The lowest BCUT2D eigenvalue weighted by atomic mass is 10.1. The number of methoxy groups -OCH3 is 1. The molecule has 0 aliphatic heterocycles. The van der Waals surface area contributed by atoms with Crippen LogP contribution in [0.4, 0.5) is 0 Å². The van der Waals surface area contributed by atoms with Crippen molar-refractivity contribution in [1.29, 1.82) is 0 Å². The van der Waals surface area contributed by atoms with E-state index in [9.17, 15) is 4.55 Å². The van der Waals surface area contributed by atoms with Crippen LogP contribution in [0, 0.1) is 0 Å². The smallest absolute Gasteiger partial charge is 0.0351 e. The van der Waals surface area contributed by atoms with E-state index in [1.807, 2.05) is 30.7 Å². The molecular weight excluding hydrogens is 232 g/mol. The number of hydrogen-bond acceptors (Lipinski definition) is 2. The standard InChI is InChI=1S/C12H14OS.C2H6O/c1-14(2,13)12-8-7-10-5-3-4-6-11(10)9-12;1-3-2/h3-9,13H,1-2H3;1-2H3. The average Bonchev–Trinajstić information content (AvgIpc) is 2.28. The quantitative estimate of drug-likeness (QED) is 0.831. The maximum atomic E-state index is 9.93. The van der Waals surface area contributed by atoms with Gasteiger partial charge < -0.3 is 9.29 Å². The Morgan fingerprint density at radius 1 is 0.941 bits per heavy atom. The van der Waals surface area contributed by atoms with Crippen LogP contribution in [-0.4, -0.2) is 31.3 Å². The van der Waals surface area contributed by atoms with Gasteiger partial charge in [-0.1, -0.05) is 30.3 Å². The molecule has 0 aromatic heterocycles. The second-order valence-electron chi connectivity index (χ2n) is 4.19. The molecule has 2 aromatic carbocycles. The molecule has 0 atom stereocenters. The second-order valence-corrected chi connectivity index (χ2v) is 7.21. The van der Waals surface area contributed by atoms with E-state index in [-0.39, 0.29) is 0 Å². The van der Waals surface area contributed by atoms with Gasteiger partial charge >= 0.3 is 0 Å². The van der Waals surface area contributed by atoms with Gasteiger partial charge in [0.2, 0.25) is 0 Å². The van der Waals surface area contributed by atoms with E-state index in [0.29, 0.717) is 0 Å². The molecule has 0 radical (unpaired) electrons. The Balaban J connectivity index is 0.000000437. The van der Waals surface area contributed by atoms with Crippen molar-refractivity contribution >= 4 is 21.1 Å². The van der Waals surface area contributed by atoms with Gasteiger partial charge in [0.05, 0.1) is 0 Å². The number of hydrogen-bond donors (Lipinski definition) is 1. The molecule has 0 saturated heterocycles. The third-order valence-corrected chi connectivity index (χ3v) is 3.71. The molecule has 2 aromatic rings. The number of fused-ring (bicyclic) bond motifs is 1. The summed E-state index contributed by atoms with van der Waals surface area (Å²) in [5, 5.41) is 2.42. The summed E-state index contributed by atoms with van der Waals surface area (Å²) >= 11 is 0. The maximum absolute atomic E-state index is 9.93. The summed E-state index contributed by atoms with van der Waals surface area (Å²) in [6.45, 7) is 0. The number of ether oxygens (including phenoxy) is 1. The van der Waals surface area contributed by atoms with Crippen molar-refractivity contribution in [2.75, 3.05) is 26.7 Å². The molecule has 0 aliphatic carbocycles. The Morgan fingerprint density at radius 3 is 2.00 bits per heavy atom. The first kappa shape index (κ1) is 14.0. The van der Waals surface area contributed by atoms with Crippen LogP contribution in [0.2, 0.25) is 0 Å². The molecule has 0 unspecified atom stereocenters. The molecule has 0 aliphatic rings. The lowest BCUT2D eigenvalue weighted by molar-refractivity contribution is 0.277. The lowest BCUT2D eigenvalue weighted by Gasteiger charge is -2.24. The van der Waals surface area contributed by atoms with E-state index in [4.69, 9.17) is 0 Å². The van der Waals surface area contributed by atoms with Crippen molar-refractivity contribution in [2.24, 2.45) is 0 Å². The van der Waals surface area contributed by atoms with Crippen molar-refractivity contribution in [1.82, 2.24) is 0 Å². The van der Waals surface area contributed by atoms with Gasteiger partial charge in [-0.25, -0.2) is 0 Å². The Labute approximate surface area is 105 Å². The average molecular weight is 252 g/mol. The Bertz CT molecular complexity index is 475. The molecule has 0 bridgehead atoms. The van der Waals surface area contributed by atoms with Gasteiger partial charge in [-0.3, -0.25) is 0 Å². The highest BCUT2D eigenvalue weighted by molar-refractivity contribution is 8.28. The van der Waals surface area contributed by atoms with Crippen LogP contribution in [0.1, 0.15) is 0 Å². The zero-order valence-electron chi connectivity index (χ0n) is 10.8. The third-order valence-electron chi connectivity index (χ3n) is 2.30. The normalized spacial score (nSPS) is 11.8. The van der Waals surface area contributed by atoms with Gasteiger partial charge in [-0.05, 0) is 35.4 Å². The van der Waals surface area contributed by atoms with Crippen LogP contribution in [0.25, 0.3) is 10.8 Å². The summed E-state index contributed by atoms with van der Waals surface area (Å²) in [5.41, 5.74) is 0. The highest BCUT2D eigenvalue weighted by Gasteiger charge is 2.09. The first-order valence-electron chi connectivity index (χ1n) is 5.34. The van der Waals surface area contributed by atoms with Gasteiger partial charge in [0.1, 0.15) is 0 Å². The highest BCUT2D eigenvalue weighted by atomic mass is 32.3. The van der Waals surface area contributed by atoms with Crippen LogP contribution in [-0.2, 0) is 4.74 Å². The van der Waals surface area contributed by atoms with Gasteiger partial charge in [-0.15, -0.1) is 10.3 Å². The minimum absolute atomic E-state index is 1.04. The van der Waals surface area contributed by atoms with E-state index in [2.05, 4.69) is 29.0 Å². The second kappa shape index (κ2) is 6.05. The molecule has 0 fully saturated rings. The summed E-state index contributed by atoms with van der Waals surface area (Å²) in [5.74, 6) is 0. The van der Waals surface area contributed by atoms with Crippen molar-refractivity contribution in [3.05, 3.63) is 42.5 Å². The minimum Gasteiger partial charge on any atom is -0.388 e. The van der Waals surface area contributed by atoms with E-state index in [1.165, 1.54) is 10.8 Å². The Morgan fingerprint density at radius 2 is 1.47 bits per heavy atom. The number of benzene rings is 2. The SMILES string of the molecule is COC.CS(C)(O)c1ccc2ccccc2c1. The van der Waals surface area contributed by atoms with E-state index >= 15 is 0 Å². The zero-order chi connectivity index (χ0) is 12.9. The van der Waals surface area contributed by atoms with Crippen LogP contribution in [0.3, 0.4) is 0 Å². The fourth-order valence-electron chi connectivity index (χ4n) is 1.48. The summed E-state index contributed by atoms with van der Waals surface area (Å²) in [4.78, 5) is 1.04. The monoisotopic (exact) mass is 252 g/mol. The van der Waals surface area contributed by atoms with Crippen LogP contribution in [0.15, 0.2) is 47.4 Å². The summed E-state index contributed by atoms with van der Waals surface area (Å²) < 4.78 is 14.2. The molecule has 17 heavy (non-hydrogen) atoms. The summed E-state index contributed by atoms with van der Waals surface area (Å²) in [7, 11) is 1.66. The Hall–Kier alpha value is -1.03. The van der Waals surface area contributed by atoms with E-state index in [0.717, 1.165) is 4.90 Å². The lowest BCUT2D eigenvalue weighted by Crippen LogP contribution is -1.93. The molecule has 1 N–H and O–H groups in total. The van der Waals surface area contributed by atoms with Crippen molar-refractivity contribution in [3.8, 4) is 0 Å². The van der Waals surface area contributed by atoms with Crippen LogP contribution in [0.5, 0.6) is 0 Å². The van der Waals surface area contributed by atoms with Gasteiger partial charge in [0.15, 0.2) is 0 Å². The van der Waals surface area contributed by atoms with Crippen LogP contribution < -0.4 is 0 Å². The predicted molar refractivity (Wildman–Crippen MR) is 77.2 cm³/mol. The molecular formula is C14H20O2S. The maximum Gasteiger partial charge on any atom is 0.0351 e. The molecule has 94 valence electrons. The summed E-state index contributed by atoms with van der Waals surface area (Å²) in [6, 6.07) is 14.4. The largest absolute Gasteiger partial charge is 0.388 e. The van der Waals surface area contributed by atoms with E-state index < -0.39 is 10.3 Å². The van der Waals surface area contributed by atoms with Gasteiger partial charge in [-0.2, -0.15) is 0 Å². The molecule has 0 saturated carbocycles. The molecule has 0 heterocycles. The highest BCUT2D eigenvalue weighted by Crippen LogP contribution is 2.45. The molecule has 0 amide bonds. The molecule has 2 nitrogen and oxygen atoms in total. The van der Waals surface area contributed by atoms with Gasteiger partial charge in [0, 0.05) is 19.1 Å². The van der Waals surface area contributed by atoms with Crippen LogP contribution >= 0.6 is 10.3 Å². The minimum atomic E-state index is -1.59. The van der Waals surface area contributed by atoms with Crippen molar-refractivity contribution < 1.29 is 9.29 Å². The van der Waals surface area contributed by atoms with E-state index in [1.54, 1.807) is 14.2 Å². The molecule has 2 rings (SSSR count). The number of rotatable bonds is 1. The van der Waals surface area contributed by atoms with Gasteiger partial charge in [0.25, 0.3) is 0 Å².